The van der Waals surface area contributed by atoms with Crippen LogP contribution in [0.5, 0.6) is 0 Å². The summed E-state index contributed by atoms with van der Waals surface area (Å²) in [4.78, 5) is 25.7. The molecular formula is C14H24N2O2. The number of nitrogens with one attached hydrogen (secondary N) is 1. The van der Waals surface area contributed by atoms with Crippen LogP contribution >= 0.6 is 0 Å². The number of likely N-dealkylation sites (tertiary alicyclic amines) is 1. The van der Waals surface area contributed by atoms with Crippen LogP contribution in [0.25, 0.3) is 0 Å². The lowest BCUT2D eigenvalue weighted by molar-refractivity contribution is -0.126. The molecule has 2 unspecified atom stereocenters. The zero-order valence-electron chi connectivity index (χ0n) is 11.3. The van der Waals surface area contributed by atoms with Crippen LogP contribution in [-0.2, 0) is 9.59 Å². The van der Waals surface area contributed by atoms with E-state index >= 15 is 0 Å². The quantitative estimate of drug-likeness (QED) is 0.821. The summed E-state index contributed by atoms with van der Waals surface area (Å²) in [6.45, 7) is 1.85. The summed E-state index contributed by atoms with van der Waals surface area (Å²) < 4.78 is 0. The third-order valence-electron chi connectivity index (χ3n) is 4.39. The molecule has 0 aromatic carbocycles. The summed E-state index contributed by atoms with van der Waals surface area (Å²) in [5.74, 6) is 0.791. The number of amides is 1. The van der Waals surface area contributed by atoms with Gasteiger partial charge in [-0.05, 0) is 32.2 Å². The maximum atomic E-state index is 12.0. The molecule has 0 radical (unpaired) electrons. The SMILES string of the molecule is CNC(=O)CCN1CCCC1C1CCCCC1=O. The first-order valence-corrected chi connectivity index (χ1v) is 7.19. The first kappa shape index (κ1) is 13.5. The first-order chi connectivity index (χ1) is 8.72. The normalized spacial score (nSPS) is 29.5. The standard InChI is InChI=1S/C14H24N2O2/c1-15-14(18)8-10-16-9-4-6-12(16)11-5-2-3-7-13(11)17/h11-12H,2-10H2,1H3,(H,15,18). The van der Waals surface area contributed by atoms with Crippen molar-refractivity contribution in [2.75, 3.05) is 20.1 Å². The van der Waals surface area contributed by atoms with Gasteiger partial charge in [0.15, 0.2) is 0 Å². The molecule has 1 saturated heterocycles. The van der Waals surface area contributed by atoms with E-state index in [0.29, 0.717) is 18.2 Å². The van der Waals surface area contributed by atoms with E-state index in [0.717, 1.165) is 38.8 Å². The van der Waals surface area contributed by atoms with Crippen molar-refractivity contribution in [1.29, 1.82) is 0 Å². The highest BCUT2D eigenvalue weighted by Crippen LogP contribution is 2.32. The number of hydrogen-bond donors (Lipinski definition) is 1. The molecule has 2 atom stereocenters. The number of Topliss-reactive ketones (excluding diaryl/α,β-unsaturated/α-hetero) is 1. The van der Waals surface area contributed by atoms with Crippen LogP contribution in [0, 0.1) is 5.92 Å². The Bertz CT molecular complexity index is 317. The van der Waals surface area contributed by atoms with Gasteiger partial charge in [0.2, 0.25) is 5.91 Å². The topological polar surface area (TPSA) is 49.4 Å². The Balaban J connectivity index is 1.90. The first-order valence-electron chi connectivity index (χ1n) is 7.19. The third-order valence-corrected chi connectivity index (χ3v) is 4.39. The van der Waals surface area contributed by atoms with E-state index in [9.17, 15) is 9.59 Å². The number of nitrogens with zero attached hydrogens (tertiary/aromatic N) is 1. The smallest absolute Gasteiger partial charge is 0.221 e. The lowest BCUT2D eigenvalue weighted by Gasteiger charge is -2.32. The lowest BCUT2D eigenvalue weighted by atomic mass is 9.82. The average molecular weight is 252 g/mol. The van der Waals surface area contributed by atoms with Gasteiger partial charge in [-0.15, -0.1) is 0 Å². The Morgan fingerprint density at radius 1 is 1.33 bits per heavy atom. The molecule has 2 rings (SSSR count). The van der Waals surface area contributed by atoms with Crippen LogP contribution in [0.15, 0.2) is 0 Å². The molecule has 1 heterocycles. The second kappa shape index (κ2) is 6.32. The summed E-state index contributed by atoms with van der Waals surface area (Å²) in [5.41, 5.74) is 0. The predicted molar refractivity (Wildman–Crippen MR) is 70.2 cm³/mol. The van der Waals surface area contributed by atoms with Crippen LogP contribution in [0.4, 0.5) is 0 Å². The van der Waals surface area contributed by atoms with Crippen molar-refractivity contribution >= 4 is 11.7 Å². The Hall–Kier alpha value is -0.900. The monoisotopic (exact) mass is 252 g/mol. The fourth-order valence-electron chi connectivity index (χ4n) is 3.37. The minimum atomic E-state index is 0.0932. The predicted octanol–water partition coefficient (Wildman–Crippen LogP) is 1.35. The van der Waals surface area contributed by atoms with Gasteiger partial charge in [0, 0.05) is 38.4 Å². The molecule has 4 nitrogen and oxygen atoms in total. The van der Waals surface area contributed by atoms with Crippen molar-refractivity contribution in [3.63, 3.8) is 0 Å². The maximum Gasteiger partial charge on any atom is 0.221 e. The minimum absolute atomic E-state index is 0.0932. The second-order valence-electron chi connectivity index (χ2n) is 5.49. The molecule has 0 aromatic heterocycles. The van der Waals surface area contributed by atoms with Gasteiger partial charge in [-0.25, -0.2) is 0 Å². The van der Waals surface area contributed by atoms with E-state index in [1.807, 2.05) is 0 Å². The van der Waals surface area contributed by atoms with Gasteiger partial charge in [-0.3, -0.25) is 14.5 Å². The summed E-state index contributed by atoms with van der Waals surface area (Å²) >= 11 is 0. The van der Waals surface area contributed by atoms with Gasteiger partial charge < -0.3 is 5.32 Å². The average Bonchev–Trinajstić information content (AvgIpc) is 2.84. The molecule has 18 heavy (non-hydrogen) atoms. The van der Waals surface area contributed by atoms with Gasteiger partial charge in [-0.1, -0.05) is 6.42 Å². The Morgan fingerprint density at radius 2 is 2.17 bits per heavy atom. The van der Waals surface area contributed by atoms with Gasteiger partial charge >= 0.3 is 0 Å². The molecule has 1 saturated carbocycles. The number of ketones is 1. The van der Waals surface area contributed by atoms with Crippen LogP contribution in [0.3, 0.4) is 0 Å². The molecule has 0 aromatic rings. The highest BCUT2D eigenvalue weighted by atomic mass is 16.1. The maximum absolute atomic E-state index is 12.0. The van der Waals surface area contributed by atoms with Crippen molar-refractivity contribution in [3.8, 4) is 0 Å². The van der Waals surface area contributed by atoms with Crippen molar-refractivity contribution in [1.82, 2.24) is 10.2 Å². The molecule has 0 spiro atoms. The van der Waals surface area contributed by atoms with Gasteiger partial charge in [-0.2, -0.15) is 0 Å². The number of carbonyl (C=O) groups is 2. The molecule has 1 amide bonds. The number of carbonyl (C=O) groups excluding carboxylic acids is 2. The van der Waals surface area contributed by atoms with E-state index in [2.05, 4.69) is 10.2 Å². The van der Waals surface area contributed by atoms with Crippen molar-refractivity contribution in [2.24, 2.45) is 5.92 Å². The molecule has 4 heteroatoms. The van der Waals surface area contributed by atoms with Crippen molar-refractivity contribution in [2.45, 2.75) is 51.0 Å². The highest BCUT2D eigenvalue weighted by molar-refractivity contribution is 5.82. The van der Waals surface area contributed by atoms with Crippen LogP contribution in [-0.4, -0.2) is 42.8 Å². The van der Waals surface area contributed by atoms with E-state index in [-0.39, 0.29) is 11.8 Å². The van der Waals surface area contributed by atoms with E-state index in [1.165, 1.54) is 12.8 Å². The van der Waals surface area contributed by atoms with Gasteiger partial charge in [0.1, 0.15) is 5.78 Å². The Morgan fingerprint density at radius 3 is 2.89 bits per heavy atom. The summed E-state index contributed by atoms with van der Waals surface area (Å²) in [6.07, 6.45) is 6.93. The zero-order valence-corrected chi connectivity index (χ0v) is 11.3. The molecular weight excluding hydrogens is 228 g/mol. The largest absolute Gasteiger partial charge is 0.359 e. The van der Waals surface area contributed by atoms with E-state index in [1.54, 1.807) is 7.05 Å². The zero-order chi connectivity index (χ0) is 13.0. The molecule has 2 aliphatic rings. The van der Waals surface area contributed by atoms with Crippen molar-refractivity contribution < 1.29 is 9.59 Å². The Labute approximate surface area is 109 Å². The molecule has 2 fully saturated rings. The van der Waals surface area contributed by atoms with Gasteiger partial charge in [0.25, 0.3) is 0 Å². The highest BCUT2D eigenvalue weighted by Gasteiger charge is 2.36. The molecule has 1 aliphatic carbocycles. The van der Waals surface area contributed by atoms with Gasteiger partial charge in [0.05, 0.1) is 0 Å². The van der Waals surface area contributed by atoms with Crippen molar-refractivity contribution in [3.05, 3.63) is 0 Å². The fourth-order valence-corrected chi connectivity index (χ4v) is 3.37. The summed E-state index contributed by atoms with van der Waals surface area (Å²) in [7, 11) is 1.68. The molecule has 0 bridgehead atoms. The minimum Gasteiger partial charge on any atom is -0.359 e. The van der Waals surface area contributed by atoms with Crippen LogP contribution in [0.2, 0.25) is 0 Å². The Kier molecular flexibility index (Phi) is 4.75. The van der Waals surface area contributed by atoms with E-state index < -0.39 is 0 Å². The summed E-state index contributed by atoms with van der Waals surface area (Å²) in [6, 6.07) is 0.405. The molecule has 1 N–H and O–H groups in total. The number of rotatable bonds is 4. The third kappa shape index (κ3) is 3.10. The second-order valence-corrected chi connectivity index (χ2v) is 5.49. The van der Waals surface area contributed by atoms with E-state index in [4.69, 9.17) is 0 Å². The summed E-state index contributed by atoms with van der Waals surface area (Å²) in [5, 5.41) is 2.66. The van der Waals surface area contributed by atoms with Crippen LogP contribution < -0.4 is 5.32 Å². The lowest BCUT2D eigenvalue weighted by Crippen LogP contribution is -2.42. The number of hydrogen-bond acceptors (Lipinski definition) is 3. The molecule has 102 valence electrons. The fraction of sp³-hybridized carbons (Fsp3) is 0.857. The molecule has 1 aliphatic heterocycles. The van der Waals surface area contributed by atoms with Crippen LogP contribution in [0.1, 0.15) is 44.9 Å².